The van der Waals surface area contributed by atoms with Crippen molar-refractivity contribution in [3.8, 4) is 0 Å². The van der Waals surface area contributed by atoms with Gasteiger partial charge in [-0.3, -0.25) is 9.69 Å². The Hall–Kier alpha value is -0.0300. The third kappa shape index (κ3) is 6.37. The van der Waals surface area contributed by atoms with E-state index < -0.39 is 12.0 Å². The predicted molar refractivity (Wildman–Crippen MR) is 48.7 cm³/mol. The van der Waals surface area contributed by atoms with E-state index in [1.54, 1.807) is 19.0 Å². The van der Waals surface area contributed by atoms with E-state index >= 15 is 0 Å². The van der Waals surface area contributed by atoms with Crippen molar-refractivity contribution in [2.24, 2.45) is 5.73 Å². The summed E-state index contributed by atoms with van der Waals surface area (Å²) >= 11 is 0. The molecule has 0 spiro atoms. The smallest absolute Gasteiger partial charge is 0.322 e. The predicted octanol–water partition coefficient (Wildman–Crippen LogP) is -0.196. The number of hydrogen-bond acceptors (Lipinski definition) is 3. The van der Waals surface area contributed by atoms with E-state index in [9.17, 15) is 4.79 Å². The quantitative estimate of drug-likeness (QED) is 0.669. The van der Waals surface area contributed by atoms with Crippen molar-refractivity contribution < 1.29 is 9.90 Å². The maximum absolute atomic E-state index is 10.3. The molecule has 1 atom stereocenters. The first-order chi connectivity index (χ1) is 4.09. The summed E-state index contributed by atoms with van der Waals surface area (Å²) in [5.74, 6) is -0.873. The molecule has 3 N–H and O–H groups in total. The molecule has 0 fully saturated rings. The van der Waals surface area contributed by atoms with Crippen LogP contribution in [0.5, 0.6) is 0 Å². The van der Waals surface area contributed by atoms with Crippen molar-refractivity contribution in [2.75, 3.05) is 20.6 Å². The molecular formula is C5H14Cl2N2O2. The van der Waals surface area contributed by atoms with Crippen molar-refractivity contribution >= 4 is 30.8 Å². The van der Waals surface area contributed by atoms with Gasteiger partial charge in [-0.2, -0.15) is 0 Å². The summed E-state index contributed by atoms with van der Waals surface area (Å²) in [4.78, 5) is 11.8. The molecule has 11 heavy (non-hydrogen) atoms. The first-order valence-corrected chi connectivity index (χ1v) is 2.69. The molecule has 0 aliphatic rings. The minimum absolute atomic E-state index is 0. The summed E-state index contributed by atoms with van der Waals surface area (Å²) in [6.45, 7) is 0.155. The van der Waals surface area contributed by atoms with Crippen LogP contribution in [-0.2, 0) is 4.79 Å². The average Bonchev–Trinajstić information content (AvgIpc) is 1.64. The van der Waals surface area contributed by atoms with Gasteiger partial charge in [0.15, 0.2) is 0 Å². The summed E-state index contributed by atoms with van der Waals surface area (Å²) < 4.78 is 0. The van der Waals surface area contributed by atoms with Gasteiger partial charge >= 0.3 is 5.97 Å². The zero-order valence-corrected chi connectivity index (χ0v) is 8.11. The van der Waals surface area contributed by atoms with Gasteiger partial charge in [0.05, 0.1) is 0 Å². The third-order valence-corrected chi connectivity index (χ3v) is 1.13. The van der Waals surface area contributed by atoms with Crippen LogP contribution in [0.1, 0.15) is 0 Å². The van der Waals surface area contributed by atoms with Crippen molar-refractivity contribution in [3.63, 3.8) is 0 Å². The maximum atomic E-state index is 10.3. The van der Waals surface area contributed by atoms with Crippen LogP contribution in [0.3, 0.4) is 0 Å². The van der Waals surface area contributed by atoms with E-state index in [0.717, 1.165) is 0 Å². The lowest BCUT2D eigenvalue weighted by Gasteiger charge is -2.16. The highest BCUT2D eigenvalue weighted by atomic mass is 35.5. The monoisotopic (exact) mass is 204 g/mol. The summed E-state index contributed by atoms with van der Waals surface area (Å²) in [5, 5.41) is 8.42. The highest BCUT2D eigenvalue weighted by molar-refractivity contribution is 5.85. The second kappa shape index (κ2) is 8.07. The molecule has 4 nitrogen and oxygen atoms in total. The first-order valence-electron chi connectivity index (χ1n) is 2.69. The third-order valence-electron chi connectivity index (χ3n) is 1.13. The van der Waals surface area contributed by atoms with Gasteiger partial charge in [0, 0.05) is 6.54 Å². The van der Waals surface area contributed by atoms with Gasteiger partial charge in [-0.05, 0) is 14.1 Å². The molecule has 6 heteroatoms. The Bertz CT molecular complexity index is 111. The van der Waals surface area contributed by atoms with Crippen LogP contribution in [0.4, 0.5) is 0 Å². The van der Waals surface area contributed by atoms with E-state index in [-0.39, 0.29) is 31.4 Å². The lowest BCUT2D eigenvalue weighted by atomic mass is 10.3. The van der Waals surface area contributed by atoms with Crippen LogP contribution >= 0.6 is 24.8 Å². The second-order valence-corrected chi connectivity index (χ2v) is 2.05. The normalized spacial score (nSPS) is 11.3. The van der Waals surface area contributed by atoms with E-state index in [1.807, 2.05) is 0 Å². The number of rotatable bonds is 3. The Kier molecular flexibility index (Phi) is 12.6. The standard InChI is InChI=1S/C5H12N2O2.2ClH/c1-7(2)4(3-6)5(8)9;;/h4H,3,6H2,1-2H3,(H,8,9);2*1H. The zero-order chi connectivity index (χ0) is 7.44. The summed E-state index contributed by atoms with van der Waals surface area (Å²) in [7, 11) is 3.37. The Morgan fingerprint density at radius 2 is 1.91 bits per heavy atom. The van der Waals surface area contributed by atoms with Crippen LogP contribution in [0.15, 0.2) is 0 Å². The molecule has 0 aliphatic heterocycles. The molecule has 0 aromatic rings. The maximum Gasteiger partial charge on any atom is 0.322 e. The largest absolute Gasteiger partial charge is 0.480 e. The highest BCUT2D eigenvalue weighted by Gasteiger charge is 2.16. The molecule has 0 radical (unpaired) electrons. The Morgan fingerprint density at radius 3 is 1.91 bits per heavy atom. The fourth-order valence-electron chi connectivity index (χ4n) is 0.533. The van der Waals surface area contributed by atoms with Gasteiger partial charge in [0.25, 0.3) is 0 Å². The molecule has 0 aliphatic carbocycles. The van der Waals surface area contributed by atoms with Crippen molar-refractivity contribution in [1.29, 1.82) is 0 Å². The van der Waals surface area contributed by atoms with E-state index in [4.69, 9.17) is 10.8 Å². The fraction of sp³-hybridized carbons (Fsp3) is 0.800. The minimum Gasteiger partial charge on any atom is -0.480 e. The topological polar surface area (TPSA) is 66.6 Å². The van der Waals surface area contributed by atoms with Gasteiger partial charge in [0.1, 0.15) is 6.04 Å². The highest BCUT2D eigenvalue weighted by Crippen LogP contribution is 1.88. The Balaban J connectivity index is -0.000000320. The number of nitrogens with zero attached hydrogens (tertiary/aromatic N) is 1. The molecular weight excluding hydrogens is 191 g/mol. The van der Waals surface area contributed by atoms with Crippen LogP contribution in [-0.4, -0.2) is 42.7 Å². The fourth-order valence-corrected chi connectivity index (χ4v) is 0.533. The number of hydrogen-bond donors (Lipinski definition) is 2. The van der Waals surface area contributed by atoms with Crippen molar-refractivity contribution in [2.45, 2.75) is 6.04 Å². The van der Waals surface area contributed by atoms with Crippen LogP contribution < -0.4 is 5.73 Å². The number of carboxylic acids is 1. The van der Waals surface area contributed by atoms with Crippen LogP contribution in [0, 0.1) is 0 Å². The molecule has 0 aromatic heterocycles. The number of carbonyl (C=O) groups is 1. The molecule has 70 valence electrons. The van der Waals surface area contributed by atoms with Crippen LogP contribution in [0.25, 0.3) is 0 Å². The minimum atomic E-state index is -0.873. The van der Waals surface area contributed by atoms with E-state index in [0.29, 0.717) is 0 Å². The van der Waals surface area contributed by atoms with Gasteiger partial charge in [-0.1, -0.05) is 0 Å². The molecule has 0 heterocycles. The Morgan fingerprint density at radius 1 is 1.55 bits per heavy atom. The number of likely N-dealkylation sites (N-methyl/N-ethyl adjacent to an activating group) is 1. The number of nitrogens with two attached hydrogens (primary N) is 1. The molecule has 0 saturated carbocycles. The summed E-state index contributed by atoms with van der Waals surface area (Å²) in [5.41, 5.74) is 5.15. The van der Waals surface area contributed by atoms with Gasteiger partial charge in [0.2, 0.25) is 0 Å². The zero-order valence-electron chi connectivity index (χ0n) is 6.48. The van der Waals surface area contributed by atoms with Crippen molar-refractivity contribution in [3.05, 3.63) is 0 Å². The summed E-state index contributed by atoms with van der Waals surface area (Å²) in [6.07, 6.45) is 0. The van der Waals surface area contributed by atoms with Crippen molar-refractivity contribution in [1.82, 2.24) is 4.90 Å². The number of halogens is 2. The van der Waals surface area contributed by atoms with Gasteiger partial charge < -0.3 is 10.8 Å². The van der Waals surface area contributed by atoms with E-state index in [2.05, 4.69) is 0 Å². The molecule has 0 saturated heterocycles. The summed E-state index contributed by atoms with van der Waals surface area (Å²) in [6, 6.07) is -0.551. The molecule has 0 rings (SSSR count). The molecule has 0 amide bonds. The lowest BCUT2D eigenvalue weighted by Crippen LogP contribution is -2.41. The first kappa shape index (κ1) is 17.2. The molecule has 1 unspecified atom stereocenters. The molecule has 0 aromatic carbocycles. The van der Waals surface area contributed by atoms with Gasteiger partial charge in [-0.25, -0.2) is 0 Å². The Labute approximate surface area is 78.6 Å². The number of carboxylic acid groups (broad SMARTS) is 1. The van der Waals surface area contributed by atoms with E-state index in [1.165, 1.54) is 0 Å². The lowest BCUT2D eigenvalue weighted by molar-refractivity contribution is -0.141. The SMILES string of the molecule is CN(C)C(CN)C(=O)O.Cl.Cl. The molecule has 0 bridgehead atoms. The second-order valence-electron chi connectivity index (χ2n) is 2.05. The van der Waals surface area contributed by atoms with Crippen LogP contribution in [0.2, 0.25) is 0 Å². The number of aliphatic carboxylic acids is 1. The average molecular weight is 205 g/mol. The van der Waals surface area contributed by atoms with Gasteiger partial charge in [-0.15, -0.1) is 24.8 Å².